The Balaban J connectivity index is 2.06. The van der Waals surface area contributed by atoms with E-state index in [1.165, 1.54) is 12.0 Å². The number of rotatable bonds is 11. The molecule has 0 spiro atoms. The first kappa shape index (κ1) is 29.5. The Morgan fingerprint density at radius 2 is 1.72 bits per heavy atom. The van der Waals surface area contributed by atoms with Crippen molar-refractivity contribution in [1.29, 1.82) is 0 Å². The number of carbonyl (C=O) groups excluding carboxylic acids is 1. The van der Waals surface area contributed by atoms with Crippen LogP contribution in [-0.4, -0.2) is 66.9 Å². The molecule has 0 bridgehead atoms. The van der Waals surface area contributed by atoms with Crippen molar-refractivity contribution >= 4 is 11.7 Å². The molecule has 0 radical (unpaired) electrons. The first-order valence-corrected chi connectivity index (χ1v) is 11.4. The van der Waals surface area contributed by atoms with Gasteiger partial charge in [0.1, 0.15) is 11.6 Å². The average Bonchev–Trinajstić information content (AvgIpc) is 2.82. The van der Waals surface area contributed by atoms with Gasteiger partial charge in [0.15, 0.2) is 0 Å². The molecule has 0 aliphatic carbocycles. The minimum Gasteiger partial charge on any atom is -0.394 e. The van der Waals surface area contributed by atoms with Crippen LogP contribution >= 0.6 is 0 Å². The summed E-state index contributed by atoms with van der Waals surface area (Å²) < 4.78 is 71.5. The van der Waals surface area contributed by atoms with Crippen LogP contribution in [0.25, 0.3) is 0 Å². The molecule has 0 fully saturated rings. The smallest absolute Gasteiger partial charge is 0.394 e. The molecule has 2 N–H and O–H groups in total. The van der Waals surface area contributed by atoms with Gasteiger partial charge in [-0.05, 0) is 56.4 Å². The molecule has 0 aliphatic heterocycles. The lowest BCUT2D eigenvalue weighted by molar-refractivity contribution is -0.137. The second-order valence-electron chi connectivity index (χ2n) is 8.87. The van der Waals surface area contributed by atoms with Gasteiger partial charge >= 0.3 is 12.2 Å². The van der Waals surface area contributed by atoms with Crippen molar-refractivity contribution in [2.24, 2.45) is 5.92 Å². The quantitative estimate of drug-likeness (QED) is 0.413. The number of nitrogens with zero attached hydrogens (tertiary/aromatic N) is 2. The summed E-state index contributed by atoms with van der Waals surface area (Å²) in [4.78, 5) is 16.1. The zero-order valence-corrected chi connectivity index (χ0v) is 20.6. The van der Waals surface area contributed by atoms with E-state index in [2.05, 4.69) is 5.32 Å². The van der Waals surface area contributed by atoms with Gasteiger partial charge in [-0.15, -0.1) is 0 Å². The van der Waals surface area contributed by atoms with Gasteiger partial charge in [-0.1, -0.05) is 6.92 Å². The van der Waals surface area contributed by atoms with Gasteiger partial charge in [0.2, 0.25) is 0 Å². The number of benzene rings is 2. The standard InChI is InChI=1S/C25H32F5N3O3/c1-16(23(36-4)14-32(3)13-18-11-20(26)7-10-22(18)27)12-33(17(2)15-34)24(35)31-21-8-5-19(6-9-21)25(28,29)30/h5-11,16-17,23,34H,12-15H2,1-4H3,(H,31,35)/t16-,17+,23-/m0/s1. The van der Waals surface area contributed by atoms with E-state index < -0.39 is 41.6 Å². The normalized spacial score (nSPS) is 14.4. The van der Waals surface area contributed by atoms with Crippen LogP contribution in [0.5, 0.6) is 0 Å². The van der Waals surface area contributed by atoms with Crippen molar-refractivity contribution < 1.29 is 36.6 Å². The van der Waals surface area contributed by atoms with E-state index in [9.17, 15) is 31.9 Å². The van der Waals surface area contributed by atoms with E-state index in [1.54, 1.807) is 18.9 Å². The number of nitrogens with one attached hydrogen (secondary N) is 1. The van der Waals surface area contributed by atoms with Crippen molar-refractivity contribution in [3.63, 3.8) is 0 Å². The van der Waals surface area contributed by atoms with Crippen LogP contribution in [0.3, 0.4) is 0 Å². The molecule has 0 saturated heterocycles. The molecular formula is C25H32F5N3O3. The minimum atomic E-state index is -4.49. The molecule has 3 atom stereocenters. The highest BCUT2D eigenvalue weighted by molar-refractivity contribution is 5.89. The number of ether oxygens (including phenoxy) is 1. The summed E-state index contributed by atoms with van der Waals surface area (Å²) in [6.07, 6.45) is -4.89. The molecule has 0 heterocycles. The first-order valence-electron chi connectivity index (χ1n) is 11.4. The average molecular weight is 518 g/mol. The summed E-state index contributed by atoms with van der Waals surface area (Å²) in [5.41, 5.74) is -0.456. The fourth-order valence-corrected chi connectivity index (χ4v) is 3.74. The number of hydrogen-bond acceptors (Lipinski definition) is 4. The summed E-state index contributed by atoms with van der Waals surface area (Å²) >= 11 is 0. The molecule has 200 valence electrons. The number of aliphatic hydroxyl groups is 1. The third kappa shape index (κ3) is 8.42. The Morgan fingerprint density at radius 3 is 2.28 bits per heavy atom. The maximum Gasteiger partial charge on any atom is 0.416 e. The molecule has 11 heteroatoms. The van der Waals surface area contributed by atoms with Gasteiger partial charge in [-0.3, -0.25) is 4.90 Å². The number of likely N-dealkylation sites (N-methyl/N-ethyl adjacent to an activating group) is 1. The van der Waals surface area contributed by atoms with Crippen molar-refractivity contribution in [2.75, 3.05) is 39.2 Å². The largest absolute Gasteiger partial charge is 0.416 e. The summed E-state index contributed by atoms with van der Waals surface area (Å²) in [6.45, 7) is 3.79. The third-order valence-electron chi connectivity index (χ3n) is 5.88. The molecule has 2 amide bonds. The number of alkyl halides is 3. The van der Waals surface area contributed by atoms with Crippen LogP contribution in [0.1, 0.15) is 25.0 Å². The van der Waals surface area contributed by atoms with Gasteiger partial charge in [-0.25, -0.2) is 13.6 Å². The number of halogens is 5. The molecule has 0 saturated carbocycles. The fourth-order valence-electron chi connectivity index (χ4n) is 3.74. The van der Waals surface area contributed by atoms with E-state index in [0.29, 0.717) is 6.54 Å². The Kier molecular flexibility index (Phi) is 10.6. The molecule has 36 heavy (non-hydrogen) atoms. The van der Waals surface area contributed by atoms with Gasteiger partial charge in [0.25, 0.3) is 0 Å². The van der Waals surface area contributed by atoms with Crippen LogP contribution < -0.4 is 5.32 Å². The fraction of sp³-hybridized carbons (Fsp3) is 0.480. The second kappa shape index (κ2) is 13.0. The van der Waals surface area contributed by atoms with Crippen molar-refractivity contribution in [3.05, 3.63) is 65.2 Å². The summed E-state index contributed by atoms with van der Waals surface area (Å²) in [5.74, 6) is -1.31. The van der Waals surface area contributed by atoms with Crippen LogP contribution in [0.15, 0.2) is 42.5 Å². The van der Waals surface area contributed by atoms with E-state index in [4.69, 9.17) is 4.74 Å². The Labute approximate surface area is 207 Å². The number of carbonyl (C=O) groups is 1. The highest BCUT2D eigenvalue weighted by atomic mass is 19.4. The molecule has 2 rings (SSSR count). The van der Waals surface area contributed by atoms with E-state index in [0.717, 1.165) is 42.5 Å². The van der Waals surface area contributed by atoms with Crippen molar-refractivity contribution in [1.82, 2.24) is 9.80 Å². The number of aliphatic hydroxyl groups excluding tert-OH is 1. The SMILES string of the molecule is CO[C@@H](CN(C)Cc1cc(F)ccc1F)[C@@H](C)CN(C(=O)Nc1ccc(C(F)(F)F)cc1)[C@H](C)CO. The van der Waals surface area contributed by atoms with E-state index in [-0.39, 0.29) is 36.9 Å². The maximum atomic E-state index is 14.0. The number of methoxy groups -OCH3 is 1. The molecule has 2 aromatic carbocycles. The number of amides is 2. The lowest BCUT2D eigenvalue weighted by atomic mass is 10.0. The summed E-state index contributed by atoms with van der Waals surface area (Å²) in [6, 6.07) is 6.13. The first-order chi connectivity index (χ1) is 16.8. The molecule has 6 nitrogen and oxygen atoms in total. The van der Waals surface area contributed by atoms with Crippen LogP contribution in [0.4, 0.5) is 32.4 Å². The zero-order chi connectivity index (χ0) is 27.0. The molecule has 0 aromatic heterocycles. The lowest BCUT2D eigenvalue weighted by Crippen LogP contribution is -2.48. The highest BCUT2D eigenvalue weighted by Crippen LogP contribution is 2.30. The molecule has 2 aromatic rings. The second-order valence-corrected chi connectivity index (χ2v) is 8.87. The van der Waals surface area contributed by atoms with Gasteiger partial charge in [-0.2, -0.15) is 13.2 Å². The number of urea groups is 1. The Morgan fingerprint density at radius 1 is 1.08 bits per heavy atom. The van der Waals surface area contributed by atoms with Crippen LogP contribution in [-0.2, 0) is 17.5 Å². The minimum absolute atomic E-state index is 0.140. The highest BCUT2D eigenvalue weighted by Gasteiger charge is 2.30. The molecule has 0 unspecified atom stereocenters. The number of hydrogen-bond donors (Lipinski definition) is 2. The maximum absolute atomic E-state index is 14.0. The molecule has 0 aliphatic rings. The van der Waals surface area contributed by atoms with Gasteiger partial charge in [0, 0.05) is 43.9 Å². The van der Waals surface area contributed by atoms with Crippen molar-refractivity contribution in [2.45, 2.75) is 38.7 Å². The van der Waals surface area contributed by atoms with Gasteiger partial charge in [0.05, 0.1) is 24.3 Å². The summed E-state index contributed by atoms with van der Waals surface area (Å²) in [7, 11) is 3.23. The Hall–Kier alpha value is -2.76. The van der Waals surface area contributed by atoms with E-state index in [1.807, 2.05) is 6.92 Å². The topological polar surface area (TPSA) is 65.0 Å². The third-order valence-corrected chi connectivity index (χ3v) is 5.88. The summed E-state index contributed by atoms with van der Waals surface area (Å²) in [5, 5.41) is 12.2. The number of anilines is 1. The zero-order valence-electron chi connectivity index (χ0n) is 20.6. The van der Waals surface area contributed by atoms with Crippen LogP contribution in [0.2, 0.25) is 0 Å². The van der Waals surface area contributed by atoms with Crippen molar-refractivity contribution in [3.8, 4) is 0 Å². The predicted molar refractivity (Wildman–Crippen MR) is 126 cm³/mol. The van der Waals surface area contributed by atoms with Crippen LogP contribution in [0, 0.1) is 17.6 Å². The molecular weight excluding hydrogens is 485 g/mol. The Bertz CT molecular complexity index is 988. The van der Waals surface area contributed by atoms with Gasteiger partial charge < -0.3 is 20.1 Å². The monoisotopic (exact) mass is 517 g/mol. The lowest BCUT2D eigenvalue weighted by Gasteiger charge is -2.34. The predicted octanol–water partition coefficient (Wildman–Crippen LogP) is 4.98. The van der Waals surface area contributed by atoms with E-state index >= 15 is 0 Å².